The minimum Gasteiger partial charge on any atom is -0.423 e. The first-order chi connectivity index (χ1) is 13.6. The normalized spacial score (nSPS) is 10.9. The van der Waals surface area contributed by atoms with E-state index in [2.05, 4.69) is 12.7 Å². The molecule has 0 fully saturated rings. The van der Waals surface area contributed by atoms with Gasteiger partial charge in [-0.25, -0.2) is 4.79 Å². The van der Waals surface area contributed by atoms with E-state index in [4.69, 9.17) is 4.74 Å². The molecule has 28 heavy (non-hydrogen) atoms. The van der Waals surface area contributed by atoms with Gasteiger partial charge in [0, 0.05) is 5.56 Å². The van der Waals surface area contributed by atoms with Crippen LogP contribution in [0.4, 0.5) is 0 Å². The average molecular weight is 370 g/mol. The molecule has 3 heteroatoms. The number of hydrogen-bond donors (Lipinski definition) is 0. The van der Waals surface area contributed by atoms with Crippen LogP contribution >= 0.6 is 0 Å². The van der Waals surface area contributed by atoms with Gasteiger partial charge < -0.3 is 4.74 Å². The summed E-state index contributed by atoms with van der Waals surface area (Å²) >= 11 is 0. The molecule has 3 nitrogen and oxygen atoms in total. The third kappa shape index (κ3) is 4.63. The van der Waals surface area contributed by atoms with Crippen LogP contribution in [0.3, 0.4) is 0 Å². The molecule has 0 aliphatic heterocycles. The fraction of sp³-hybridized carbons (Fsp3) is 0.120. The van der Waals surface area contributed by atoms with E-state index >= 15 is 0 Å². The summed E-state index contributed by atoms with van der Waals surface area (Å²) in [6, 6.07) is 18.2. The van der Waals surface area contributed by atoms with Gasteiger partial charge in [-0.3, -0.25) is 4.79 Å². The van der Waals surface area contributed by atoms with Crippen molar-refractivity contribution in [1.82, 2.24) is 0 Å². The number of rotatable bonds is 7. The van der Waals surface area contributed by atoms with Gasteiger partial charge in [-0.05, 0) is 72.5 Å². The summed E-state index contributed by atoms with van der Waals surface area (Å²) < 4.78 is 5.51. The van der Waals surface area contributed by atoms with Crippen molar-refractivity contribution in [2.24, 2.45) is 0 Å². The Balaban J connectivity index is 1.72. The molecule has 0 N–H and O–H groups in total. The smallest absolute Gasteiger partial charge is 0.343 e. The van der Waals surface area contributed by atoms with E-state index in [0.29, 0.717) is 16.9 Å². The molecule has 0 radical (unpaired) electrons. The SMILES string of the molecule is C=CC(=O)c1ccc2cc(OC(=O)c3ccc(CC/C=C/C)cc3)ccc2c1. The number of benzene rings is 3. The fourth-order valence-electron chi connectivity index (χ4n) is 2.95. The number of esters is 1. The van der Waals surface area contributed by atoms with Crippen molar-refractivity contribution in [1.29, 1.82) is 0 Å². The summed E-state index contributed by atoms with van der Waals surface area (Å²) in [5.41, 5.74) is 2.29. The zero-order chi connectivity index (χ0) is 19.9. The first kappa shape index (κ1) is 19.3. The molecule has 0 amide bonds. The van der Waals surface area contributed by atoms with Gasteiger partial charge in [0.15, 0.2) is 5.78 Å². The molecule has 3 aromatic rings. The Labute approximate surface area is 165 Å². The van der Waals surface area contributed by atoms with Crippen molar-refractivity contribution < 1.29 is 14.3 Å². The number of hydrogen-bond acceptors (Lipinski definition) is 3. The van der Waals surface area contributed by atoms with E-state index in [1.807, 2.05) is 37.3 Å². The molecule has 140 valence electrons. The maximum Gasteiger partial charge on any atom is 0.343 e. The van der Waals surface area contributed by atoms with Crippen LogP contribution in [0.25, 0.3) is 10.8 Å². The number of fused-ring (bicyclic) bond motifs is 1. The zero-order valence-corrected chi connectivity index (χ0v) is 15.9. The standard InChI is InChI=1S/C25H22O3/c1-3-5-6-7-18-8-10-19(11-9-18)25(27)28-23-15-14-20-16-22(24(26)4-2)13-12-21(20)17-23/h3-5,8-17H,2,6-7H2,1H3/b5-3+. The number of ether oxygens (including phenoxy) is 1. The Morgan fingerprint density at radius 3 is 2.32 bits per heavy atom. The first-order valence-corrected chi connectivity index (χ1v) is 9.23. The summed E-state index contributed by atoms with van der Waals surface area (Å²) in [4.78, 5) is 24.1. The third-order valence-electron chi connectivity index (χ3n) is 4.52. The van der Waals surface area contributed by atoms with Gasteiger partial charge >= 0.3 is 5.97 Å². The van der Waals surface area contributed by atoms with Crippen LogP contribution in [-0.2, 0) is 6.42 Å². The molecule has 0 saturated heterocycles. The topological polar surface area (TPSA) is 43.4 Å². The summed E-state index contributed by atoms with van der Waals surface area (Å²) in [7, 11) is 0. The van der Waals surface area contributed by atoms with E-state index in [9.17, 15) is 9.59 Å². The molecule has 0 heterocycles. The van der Waals surface area contributed by atoms with Gasteiger partial charge in [-0.2, -0.15) is 0 Å². The van der Waals surface area contributed by atoms with Crippen LogP contribution in [-0.4, -0.2) is 11.8 Å². The van der Waals surface area contributed by atoms with Crippen LogP contribution < -0.4 is 4.74 Å². The molecule has 0 aromatic heterocycles. The quantitative estimate of drug-likeness (QED) is 0.170. The van der Waals surface area contributed by atoms with Crippen LogP contribution in [0, 0.1) is 0 Å². The van der Waals surface area contributed by atoms with Crippen molar-refractivity contribution in [3.8, 4) is 5.75 Å². The summed E-state index contributed by atoms with van der Waals surface area (Å²) in [6.45, 7) is 5.51. The molecule has 0 bridgehead atoms. The highest BCUT2D eigenvalue weighted by Crippen LogP contribution is 2.23. The lowest BCUT2D eigenvalue weighted by Gasteiger charge is -2.07. The highest BCUT2D eigenvalue weighted by molar-refractivity contribution is 6.06. The second kappa shape index (κ2) is 8.96. The Hall–Kier alpha value is -3.46. The monoisotopic (exact) mass is 370 g/mol. The van der Waals surface area contributed by atoms with Crippen molar-refractivity contribution in [3.63, 3.8) is 0 Å². The summed E-state index contributed by atoms with van der Waals surface area (Å²) in [5.74, 6) is -0.0400. The van der Waals surface area contributed by atoms with Crippen LogP contribution in [0.2, 0.25) is 0 Å². The maximum absolute atomic E-state index is 12.4. The molecule has 3 rings (SSSR count). The molecule has 0 unspecified atom stereocenters. The minimum atomic E-state index is -0.391. The predicted molar refractivity (Wildman–Crippen MR) is 113 cm³/mol. The van der Waals surface area contributed by atoms with Gasteiger partial charge in [0.05, 0.1) is 5.56 Å². The lowest BCUT2D eigenvalue weighted by atomic mass is 10.0. The Kier molecular flexibility index (Phi) is 6.18. The predicted octanol–water partition coefficient (Wildman–Crippen LogP) is 5.94. The Morgan fingerprint density at radius 2 is 1.61 bits per heavy atom. The molecule has 0 atom stereocenters. The second-order valence-electron chi connectivity index (χ2n) is 6.49. The van der Waals surface area contributed by atoms with Crippen LogP contribution in [0.1, 0.15) is 39.6 Å². The molecular weight excluding hydrogens is 348 g/mol. The summed E-state index contributed by atoms with van der Waals surface area (Å²) in [6.07, 6.45) is 7.38. The lowest BCUT2D eigenvalue weighted by molar-refractivity contribution is 0.0735. The van der Waals surface area contributed by atoms with E-state index in [1.165, 1.54) is 11.6 Å². The number of aryl methyl sites for hydroxylation is 1. The molecule has 0 spiro atoms. The fourth-order valence-corrected chi connectivity index (χ4v) is 2.95. The van der Waals surface area contributed by atoms with Gasteiger partial charge in [-0.1, -0.05) is 49.1 Å². The molecule has 0 saturated carbocycles. The van der Waals surface area contributed by atoms with Crippen LogP contribution in [0.5, 0.6) is 5.75 Å². The first-order valence-electron chi connectivity index (χ1n) is 9.23. The number of carbonyl (C=O) groups is 2. The zero-order valence-electron chi connectivity index (χ0n) is 15.9. The molecule has 3 aromatic carbocycles. The van der Waals surface area contributed by atoms with E-state index in [-0.39, 0.29) is 5.78 Å². The van der Waals surface area contributed by atoms with Crippen molar-refractivity contribution in [3.05, 3.63) is 102 Å². The van der Waals surface area contributed by atoms with Gasteiger partial charge in [0.2, 0.25) is 0 Å². The van der Waals surface area contributed by atoms with Gasteiger partial charge in [-0.15, -0.1) is 0 Å². The van der Waals surface area contributed by atoms with Crippen molar-refractivity contribution in [2.75, 3.05) is 0 Å². The third-order valence-corrected chi connectivity index (χ3v) is 4.52. The average Bonchev–Trinajstić information content (AvgIpc) is 2.73. The van der Waals surface area contributed by atoms with Crippen molar-refractivity contribution in [2.45, 2.75) is 19.8 Å². The highest BCUT2D eigenvalue weighted by Gasteiger charge is 2.10. The van der Waals surface area contributed by atoms with Crippen LogP contribution in [0.15, 0.2) is 85.5 Å². The van der Waals surface area contributed by atoms with E-state index in [0.717, 1.165) is 23.6 Å². The Morgan fingerprint density at radius 1 is 0.929 bits per heavy atom. The summed E-state index contributed by atoms with van der Waals surface area (Å²) in [5, 5.41) is 1.79. The highest BCUT2D eigenvalue weighted by atomic mass is 16.5. The van der Waals surface area contributed by atoms with Gasteiger partial charge in [0.25, 0.3) is 0 Å². The number of allylic oxidation sites excluding steroid dienone is 3. The van der Waals surface area contributed by atoms with E-state index < -0.39 is 5.97 Å². The van der Waals surface area contributed by atoms with Gasteiger partial charge in [0.1, 0.15) is 5.75 Å². The lowest BCUT2D eigenvalue weighted by Crippen LogP contribution is -2.08. The molecule has 0 aliphatic carbocycles. The minimum absolute atomic E-state index is 0.119. The van der Waals surface area contributed by atoms with Crippen molar-refractivity contribution >= 4 is 22.5 Å². The number of ketones is 1. The number of carbonyl (C=O) groups excluding carboxylic acids is 2. The maximum atomic E-state index is 12.4. The largest absolute Gasteiger partial charge is 0.423 e. The van der Waals surface area contributed by atoms with E-state index in [1.54, 1.807) is 36.4 Å². The second-order valence-corrected chi connectivity index (χ2v) is 6.49. The molecule has 0 aliphatic rings. The Bertz CT molecular complexity index is 1040. The molecular formula is C25H22O3.